The van der Waals surface area contributed by atoms with Crippen LogP contribution in [0.2, 0.25) is 0 Å². The smallest absolute Gasteiger partial charge is 0.270 e. The minimum absolute atomic E-state index is 0.0176. The number of nitrogens with zero attached hydrogens (tertiary/aromatic N) is 2. The molecule has 144 valence electrons. The van der Waals surface area contributed by atoms with Crippen LogP contribution >= 0.6 is 0 Å². The third kappa shape index (κ3) is 4.45. The van der Waals surface area contributed by atoms with Gasteiger partial charge in [0, 0.05) is 36.9 Å². The number of aryl methyl sites for hydroxylation is 1. The average Bonchev–Trinajstić information content (AvgIpc) is 3.36. The molecule has 1 atom stereocenters. The first-order valence-electron chi connectivity index (χ1n) is 8.85. The monoisotopic (exact) mass is 381 g/mol. The Bertz CT molecular complexity index is 964. The van der Waals surface area contributed by atoms with Crippen LogP contribution in [0.5, 0.6) is 0 Å². The number of non-ortho nitro benzene ring substituents is 1. The number of nitrogens with one attached hydrogen (secondary N) is 1. The molecule has 1 aliphatic heterocycles. The molecule has 1 aliphatic rings. The van der Waals surface area contributed by atoms with Gasteiger partial charge >= 0.3 is 0 Å². The van der Waals surface area contributed by atoms with E-state index >= 15 is 0 Å². The summed E-state index contributed by atoms with van der Waals surface area (Å²) >= 11 is 0. The summed E-state index contributed by atoms with van der Waals surface area (Å²) in [6.07, 6.45) is 3.18. The highest BCUT2D eigenvalue weighted by Crippen LogP contribution is 2.29. The van der Waals surface area contributed by atoms with Crippen molar-refractivity contribution in [1.82, 2.24) is 5.32 Å². The zero-order valence-electron chi connectivity index (χ0n) is 15.3. The minimum atomic E-state index is -0.498. The topological polar surface area (TPSA) is 118 Å². The lowest BCUT2D eigenvalue weighted by Crippen LogP contribution is -2.32. The first kappa shape index (κ1) is 19.3. The molecule has 3 rings (SSSR count). The lowest BCUT2D eigenvalue weighted by atomic mass is 10.1. The van der Waals surface area contributed by atoms with Crippen LogP contribution in [-0.4, -0.2) is 30.1 Å². The lowest BCUT2D eigenvalue weighted by molar-refractivity contribution is -0.384. The largest absolute Gasteiger partial charge is 0.457 e. The Morgan fingerprint density at radius 2 is 2.25 bits per heavy atom. The number of furan rings is 1. The molecule has 1 aromatic carbocycles. The fourth-order valence-corrected chi connectivity index (χ4v) is 2.96. The van der Waals surface area contributed by atoms with Gasteiger partial charge in [-0.2, -0.15) is 5.26 Å². The van der Waals surface area contributed by atoms with Gasteiger partial charge in [-0.3, -0.25) is 14.9 Å². The number of carbonyl (C=O) groups excluding carboxylic acids is 1. The van der Waals surface area contributed by atoms with Crippen LogP contribution in [0, 0.1) is 28.4 Å². The predicted octanol–water partition coefficient (Wildman–Crippen LogP) is 3.37. The number of hydrogen-bond donors (Lipinski definition) is 1. The zero-order valence-corrected chi connectivity index (χ0v) is 15.3. The third-order valence-corrected chi connectivity index (χ3v) is 4.49. The number of nitro groups is 1. The van der Waals surface area contributed by atoms with E-state index in [2.05, 4.69) is 5.32 Å². The van der Waals surface area contributed by atoms with Crippen molar-refractivity contribution in [2.24, 2.45) is 0 Å². The summed E-state index contributed by atoms with van der Waals surface area (Å²) < 4.78 is 11.1. The summed E-state index contributed by atoms with van der Waals surface area (Å²) in [6, 6.07) is 9.63. The summed E-state index contributed by atoms with van der Waals surface area (Å²) in [6.45, 7) is 2.86. The Hall–Kier alpha value is -3.44. The van der Waals surface area contributed by atoms with Gasteiger partial charge in [-0.1, -0.05) is 6.07 Å². The van der Waals surface area contributed by atoms with Gasteiger partial charge in [0.05, 0.1) is 11.0 Å². The Kier molecular flexibility index (Phi) is 5.87. The number of benzene rings is 1. The molecule has 1 aromatic heterocycles. The molecule has 1 saturated heterocycles. The van der Waals surface area contributed by atoms with E-state index in [0.717, 1.165) is 18.4 Å². The SMILES string of the molecule is Cc1ccc([N+](=O)[O-])cc1-c1ccc(/C=C(/C#N)C(=O)NC[C@H]2CCCO2)o1. The summed E-state index contributed by atoms with van der Waals surface area (Å²) in [5.41, 5.74) is 1.26. The Morgan fingerprint density at radius 1 is 1.43 bits per heavy atom. The number of hydrogen-bond acceptors (Lipinski definition) is 6. The quantitative estimate of drug-likeness (QED) is 0.355. The highest BCUT2D eigenvalue weighted by molar-refractivity contribution is 6.01. The summed E-state index contributed by atoms with van der Waals surface area (Å²) in [5, 5.41) is 23.0. The first-order valence-corrected chi connectivity index (χ1v) is 8.85. The number of rotatable bonds is 6. The summed E-state index contributed by atoms with van der Waals surface area (Å²) in [5.74, 6) is 0.233. The van der Waals surface area contributed by atoms with Crippen LogP contribution < -0.4 is 5.32 Å². The maximum atomic E-state index is 12.2. The van der Waals surface area contributed by atoms with Crippen molar-refractivity contribution in [1.29, 1.82) is 5.26 Å². The lowest BCUT2D eigenvalue weighted by Gasteiger charge is -2.09. The van der Waals surface area contributed by atoms with Gasteiger partial charge in [0.25, 0.3) is 11.6 Å². The molecule has 0 aliphatic carbocycles. The Balaban J connectivity index is 1.76. The molecular formula is C20H19N3O5. The molecule has 0 saturated carbocycles. The van der Waals surface area contributed by atoms with Gasteiger partial charge in [0.2, 0.25) is 0 Å². The van der Waals surface area contributed by atoms with E-state index < -0.39 is 10.8 Å². The minimum Gasteiger partial charge on any atom is -0.457 e. The number of nitriles is 1. The van der Waals surface area contributed by atoms with Crippen LogP contribution in [0.3, 0.4) is 0 Å². The molecule has 28 heavy (non-hydrogen) atoms. The number of ether oxygens (including phenoxy) is 1. The van der Waals surface area contributed by atoms with Gasteiger partial charge in [0.1, 0.15) is 23.2 Å². The van der Waals surface area contributed by atoms with Gasteiger partial charge in [0.15, 0.2) is 0 Å². The van der Waals surface area contributed by atoms with Crippen molar-refractivity contribution in [3.05, 3.63) is 57.3 Å². The van der Waals surface area contributed by atoms with E-state index in [0.29, 0.717) is 30.2 Å². The van der Waals surface area contributed by atoms with Crippen molar-refractivity contribution in [3.63, 3.8) is 0 Å². The highest BCUT2D eigenvalue weighted by atomic mass is 16.6. The van der Waals surface area contributed by atoms with Crippen molar-refractivity contribution < 1.29 is 18.9 Å². The van der Waals surface area contributed by atoms with Crippen LogP contribution in [0.4, 0.5) is 5.69 Å². The molecule has 8 heteroatoms. The Morgan fingerprint density at radius 3 is 2.93 bits per heavy atom. The van der Waals surface area contributed by atoms with Crippen molar-refractivity contribution in [2.75, 3.05) is 13.2 Å². The summed E-state index contributed by atoms with van der Waals surface area (Å²) in [7, 11) is 0. The second-order valence-electron chi connectivity index (χ2n) is 6.47. The fourth-order valence-electron chi connectivity index (χ4n) is 2.96. The van der Waals surface area contributed by atoms with Crippen molar-refractivity contribution in [3.8, 4) is 17.4 Å². The van der Waals surface area contributed by atoms with E-state index in [1.54, 1.807) is 18.2 Å². The summed E-state index contributed by atoms with van der Waals surface area (Å²) in [4.78, 5) is 22.7. The fraction of sp³-hybridized carbons (Fsp3) is 0.300. The maximum absolute atomic E-state index is 12.2. The molecule has 0 spiro atoms. The predicted molar refractivity (Wildman–Crippen MR) is 101 cm³/mol. The second kappa shape index (κ2) is 8.50. The van der Waals surface area contributed by atoms with Crippen LogP contribution in [0.25, 0.3) is 17.4 Å². The highest BCUT2D eigenvalue weighted by Gasteiger charge is 2.18. The molecular weight excluding hydrogens is 362 g/mol. The van der Waals surface area contributed by atoms with Crippen molar-refractivity contribution in [2.45, 2.75) is 25.9 Å². The van der Waals surface area contributed by atoms with Crippen LogP contribution in [0.1, 0.15) is 24.2 Å². The normalized spacial score (nSPS) is 16.6. The van der Waals surface area contributed by atoms with Gasteiger partial charge < -0.3 is 14.5 Å². The number of carbonyl (C=O) groups is 1. The molecule has 2 aromatic rings. The second-order valence-corrected chi connectivity index (χ2v) is 6.47. The average molecular weight is 381 g/mol. The Labute approximate surface area is 161 Å². The van der Waals surface area contributed by atoms with E-state index in [-0.39, 0.29) is 17.4 Å². The van der Waals surface area contributed by atoms with Crippen LogP contribution in [0.15, 0.2) is 40.3 Å². The van der Waals surface area contributed by atoms with E-state index in [4.69, 9.17) is 9.15 Å². The molecule has 8 nitrogen and oxygen atoms in total. The van der Waals surface area contributed by atoms with E-state index in [9.17, 15) is 20.2 Å². The third-order valence-electron chi connectivity index (χ3n) is 4.49. The maximum Gasteiger partial charge on any atom is 0.270 e. The molecule has 0 radical (unpaired) electrons. The molecule has 1 fully saturated rings. The first-order chi connectivity index (χ1) is 13.5. The zero-order chi connectivity index (χ0) is 20.1. The number of amides is 1. The molecule has 1 N–H and O–H groups in total. The van der Waals surface area contributed by atoms with E-state index in [1.807, 2.05) is 13.0 Å². The molecule has 1 amide bonds. The molecule has 0 bridgehead atoms. The molecule has 0 unspecified atom stereocenters. The number of nitro benzene ring substituents is 1. The van der Waals surface area contributed by atoms with Gasteiger partial charge in [-0.25, -0.2) is 0 Å². The van der Waals surface area contributed by atoms with Gasteiger partial charge in [-0.15, -0.1) is 0 Å². The van der Waals surface area contributed by atoms with E-state index in [1.165, 1.54) is 18.2 Å². The van der Waals surface area contributed by atoms with Crippen LogP contribution in [-0.2, 0) is 9.53 Å². The van der Waals surface area contributed by atoms with Crippen molar-refractivity contribution >= 4 is 17.7 Å². The molecule has 2 heterocycles. The standard InChI is InChI=1S/C20H19N3O5/c1-13-4-5-15(23(25)26)10-18(13)19-7-6-16(28-19)9-14(11-21)20(24)22-12-17-3-2-8-27-17/h4-7,9-10,17H,2-3,8,12H2,1H3,(H,22,24)/b14-9-/t17-/m1/s1. The van der Waals surface area contributed by atoms with Gasteiger partial charge in [-0.05, 0) is 37.5 Å².